The highest BCUT2D eigenvalue weighted by molar-refractivity contribution is 6.32. The monoisotopic (exact) mass is 309 g/mol. The molecule has 1 aromatic carbocycles. The Morgan fingerprint density at radius 2 is 2.10 bits per heavy atom. The molecule has 1 aromatic rings. The average Bonchev–Trinajstić information content (AvgIpc) is 2.66. The van der Waals surface area contributed by atoms with Crippen LogP contribution in [0.5, 0.6) is 17.2 Å². The number of benzene rings is 1. The molecule has 0 unspecified atom stereocenters. The first-order valence-electron chi connectivity index (χ1n) is 6.97. The summed E-state index contributed by atoms with van der Waals surface area (Å²) in [6, 6.07) is 1.70. The summed E-state index contributed by atoms with van der Waals surface area (Å²) in [4.78, 5) is 14.9. The van der Waals surface area contributed by atoms with E-state index in [1.165, 1.54) is 0 Å². The largest absolute Gasteiger partial charge is 0.495 e. The third-order valence-electron chi connectivity index (χ3n) is 4.06. The molecular weight excluding hydrogens is 294 g/mol. The van der Waals surface area contributed by atoms with Crippen LogP contribution >= 0.6 is 11.6 Å². The maximum absolute atomic E-state index is 10.9. The fraction of sp³-hybridized carbons (Fsp3) is 0.533. The van der Waals surface area contributed by atoms with Crippen LogP contribution in [0.1, 0.15) is 31.2 Å². The summed E-state index contributed by atoms with van der Waals surface area (Å²) in [6.07, 6.45) is 4.94. The number of rotatable bonds is 3. The van der Waals surface area contributed by atoms with Crippen molar-refractivity contribution in [3.63, 3.8) is 0 Å². The van der Waals surface area contributed by atoms with Gasteiger partial charge in [0.1, 0.15) is 11.3 Å². The highest BCUT2D eigenvalue weighted by atomic mass is 35.5. The minimum atomic E-state index is -0.657. The van der Waals surface area contributed by atoms with E-state index in [2.05, 4.69) is 4.99 Å². The molecule has 21 heavy (non-hydrogen) atoms. The predicted octanol–water partition coefficient (Wildman–Crippen LogP) is 3.22. The van der Waals surface area contributed by atoms with Crippen molar-refractivity contribution in [3.05, 3.63) is 16.7 Å². The van der Waals surface area contributed by atoms with Crippen LogP contribution in [0, 0.1) is 0 Å². The normalized spacial score (nSPS) is 19.0. The number of hydrogen-bond donors (Lipinski definition) is 0. The minimum absolute atomic E-state index is 0.434. The zero-order valence-electron chi connectivity index (χ0n) is 11.8. The topological polar surface area (TPSA) is 57.1 Å². The average molecular weight is 310 g/mol. The maximum Gasteiger partial charge on any atom is 0.235 e. The van der Waals surface area contributed by atoms with Crippen molar-refractivity contribution in [1.82, 2.24) is 0 Å². The third kappa shape index (κ3) is 2.27. The molecule has 1 heterocycles. The van der Waals surface area contributed by atoms with E-state index in [1.807, 2.05) is 0 Å². The molecule has 0 spiro atoms. The Kier molecular flexibility index (Phi) is 3.79. The Morgan fingerprint density at radius 3 is 2.71 bits per heavy atom. The second-order valence-corrected chi connectivity index (χ2v) is 5.64. The zero-order valence-corrected chi connectivity index (χ0v) is 12.5. The van der Waals surface area contributed by atoms with Gasteiger partial charge in [0, 0.05) is 12.5 Å². The van der Waals surface area contributed by atoms with Gasteiger partial charge in [0.2, 0.25) is 6.08 Å². The van der Waals surface area contributed by atoms with Gasteiger partial charge in [-0.05, 0) is 19.3 Å². The SMILES string of the molecule is COc1c(Cl)cc2c(c1C1(N=C=O)CCC1)OCCCO2. The van der Waals surface area contributed by atoms with Gasteiger partial charge in [-0.3, -0.25) is 0 Å². The van der Waals surface area contributed by atoms with Gasteiger partial charge in [-0.1, -0.05) is 11.6 Å². The molecule has 1 saturated carbocycles. The van der Waals surface area contributed by atoms with Crippen molar-refractivity contribution in [2.45, 2.75) is 31.2 Å². The van der Waals surface area contributed by atoms with E-state index in [4.69, 9.17) is 25.8 Å². The first-order chi connectivity index (χ1) is 10.2. The number of hydrogen-bond acceptors (Lipinski definition) is 5. The Morgan fingerprint density at radius 1 is 1.33 bits per heavy atom. The van der Waals surface area contributed by atoms with Gasteiger partial charge in [-0.2, -0.15) is 4.99 Å². The summed E-state index contributed by atoms with van der Waals surface area (Å²) < 4.78 is 17.0. The molecule has 112 valence electrons. The van der Waals surface area contributed by atoms with Crippen LogP contribution in [0.25, 0.3) is 0 Å². The number of isocyanates is 1. The molecular formula is C15H16ClNO4. The quantitative estimate of drug-likeness (QED) is 0.635. The van der Waals surface area contributed by atoms with Crippen LogP contribution in [0.15, 0.2) is 11.1 Å². The Bertz CT molecular complexity index is 606. The van der Waals surface area contributed by atoms with Gasteiger partial charge in [0.25, 0.3) is 0 Å². The molecule has 0 bridgehead atoms. The fourth-order valence-corrected chi connectivity index (χ4v) is 3.17. The van der Waals surface area contributed by atoms with E-state index in [0.717, 1.165) is 25.7 Å². The zero-order chi connectivity index (χ0) is 14.9. The minimum Gasteiger partial charge on any atom is -0.495 e. The summed E-state index contributed by atoms with van der Waals surface area (Å²) in [7, 11) is 1.55. The van der Waals surface area contributed by atoms with Crippen molar-refractivity contribution in [2.75, 3.05) is 20.3 Å². The van der Waals surface area contributed by atoms with E-state index in [1.54, 1.807) is 19.3 Å². The van der Waals surface area contributed by atoms with Crippen LogP contribution in [0.2, 0.25) is 5.02 Å². The van der Waals surface area contributed by atoms with Crippen molar-refractivity contribution in [3.8, 4) is 17.2 Å². The molecule has 2 aliphatic rings. The van der Waals surface area contributed by atoms with E-state index in [9.17, 15) is 4.79 Å². The molecule has 0 aromatic heterocycles. The van der Waals surface area contributed by atoms with Gasteiger partial charge in [-0.25, -0.2) is 4.79 Å². The molecule has 0 atom stereocenters. The molecule has 1 aliphatic carbocycles. The molecule has 1 aliphatic heterocycles. The summed E-state index contributed by atoms with van der Waals surface area (Å²) in [6.45, 7) is 1.12. The number of carbonyl (C=O) groups excluding carboxylic acids is 1. The molecule has 0 N–H and O–H groups in total. The highest BCUT2D eigenvalue weighted by Gasteiger charge is 2.45. The lowest BCUT2D eigenvalue weighted by atomic mass is 9.71. The van der Waals surface area contributed by atoms with Crippen molar-refractivity contribution < 1.29 is 19.0 Å². The summed E-state index contributed by atoms with van der Waals surface area (Å²) in [5.41, 5.74) is 0.0551. The standard InChI is InChI=1S/C15H16ClNO4/c1-19-13-10(16)8-11-14(21-7-3-6-20-11)12(13)15(17-9-18)4-2-5-15/h8H,2-7H2,1H3. The number of nitrogens with zero attached hydrogens (tertiary/aromatic N) is 1. The molecule has 6 heteroatoms. The second-order valence-electron chi connectivity index (χ2n) is 5.23. The molecule has 0 saturated heterocycles. The van der Waals surface area contributed by atoms with Crippen molar-refractivity contribution in [1.29, 1.82) is 0 Å². The second kappa shape index (κ2) is 5.58. The first-order valence-corrected chi connectivity index (χ1v) is 7.35. The number of halogens is 1. The number of ether oxygens (including phenoxy) is 3. The van der Waals surface area contributed by atoms with Gasteiger partial charge < -0.3 is 14.2 Å². The molecule has 0 amide bonds. The van der Waals surface area contributed by atoms with E-state index in [-0.39, 0.29) is 0 Å². The smallest absolute Gasteiger partial charge is 0.235 e. The number of methoxy groups -OCH3 is 1. The lowest BCUT2D eigenvalue weighted by molar-refractivity contribution is 0.229. The van der Waals surface area contributed by atoms with Crippen LogP contribution in [-0.4, -0.2) is 26.4 Å². The lowest BCUT2D eigenvalue weighted by Crippen LogP contribution is -2.33. The van der Waals surface area contributed by atoms with Crippen molar-refractivity contribution >= 4 is 17.7 Å². The predicted molar refractivity (Wildman–Crippen MR) is 77.3 cm³/mol. The Balaban J connectivity index is 2.25. The Hall–Kier alpha value is -1.71. The third-order valence-corrected chi connectivity index (χ3v) is 4.34. The van der Waals surface area contributed by atoms with Crippen LogP contribution in [-0.2, 0) is 10.3 Å². The highest BCUT2D eigenvalue weighted by Crippen LogP contribution is 2.56. The summed E-state index contributed by atoms with van der Waals surface area (Å²) >= 11 is 6.31. The molecule has 1 fully saturated rings. The van der Waals surface area contributed by atoms with E-state index in [0.29, 0.717) is 41.0 Å². The van der Waals surface area contributed by atoms with Gasteiger partial charge >= 0.3 is 0 Å². The van der Waals surface area contributed by atoms with Crippen molar-refractivity contribution in [2.24, 2.45) is 4.99 Å². The molecule has 3 rings (SSSR count). The van der Waals surface area contributed by atoms with Gasteiger partial charge in [0.05, 0.1) is 30.9 Å². The summed E-state index contributed by atoms with van der Waals surface area (Å²) in [5.74, 6) is 1.67. The number of fused-ring (bicyclic) bond motifs is 1. The van der Waals surface area contributed by atoms with E-state index >= 15 is 0 Å². The first kappa shape index (κ1) is 14.2. The lowest BCUT2D eigenvalue weighted by Gasteiger charge is -2.39. The molecule has 5 nitrogen and oxygen atoms in total. The Labute approximate surface area is 127 Å². The van der Waals surface area contributed by atoms with E-state index < -0.39 is 5.54 Å². The maximum atomic E-state index is 10.9. The molecule has 0 radical (unpaired) electrons. The van der Waals surface area contributed by atoms with Gasteiger partial charge in [-0.15, -0.1) is 0 Å². The van der Waals surface area contributed by atoms with Gasteiger partial charge in [0.15, 0.2) is 11.5 Å². The summed E-state index contributed by atoms with van der Waals surface area (Å²) in [5, 5.41) is 0.434. The van der Waals surface area contributed by atoms with Crippen LogP contribution in [0.3, 0.4) is 0 Å². The van der Waals surface area contributed by atoms with Crippen LogP contribution in [0.4, 0.5) is 0 Å². The van der Waals surface area contributed by atoms with Crippen LogP contribution < -0.4 is 14.2 Å². The fourth-order valence-electron chi connectivity index (χ4n) is 2.90. The number of aliphatic imine (C=N–C) groups is 1.